The molecule has 2 aromatic rings. The van der Waals surface area contributed by atoms with E-state index in [4.69, 9.17) is 0 Å². The van der Waals surface area contributed by atoms with Crippen LogP contribution >= 0.6 is 11.3 Å². The van der Waals surface area contributed by atoms with Crippen molar-refractivity contribution in [3.05, 3.63) is 45.9 Å². The number of rotatable bonds is 7. The van der Waals surface area contributed by atoms with Crippen LogP contribution in [0.2, 0.25) is 0 Å². The highest BCUT2D eigenvalue weighted by Gasteiger charge is 2.17. The Morgan fingerprint density at radius 1 is 1.28 bits per heavy atom. The largest absolute Gasteiger partial charge is 0.357 e. The number of nitrogens with zero attached hydrogens (tertiary/aromatic N) is 3. The number of carbonyl (C=O) groups excluding carboxylic acids is 1. The van der Waals surface area contributed by atoms with Gasteiger partial charge in [-0.25, -0.2) is 14.8 Å². The lowest BCUT2D eigenvalue weighted by Gasteiger charge is -2.16. The van der Waals surface area contributed by atoms with Crippen LogP contribution in [0.1, 0.15) is 35.2 Å². The number of hydrogen-bond donors (Lipinski definition) is 3. The van der Waals surface area contributed by atoms with Crippen LogP contribution in [0.25, 0.3) is 0 Å². The summed E-state index contributed by atoms with van der Waals surface area (Å²) in [5.74, 6) is 0.785. The maximum Gasteiger partial charge on any atom is 0.321 e. The van der Waals surface area contributed by atoms with Gasteiger partial charge in [0.05, 0.1) is 11.6 Å². The van der Waals surface area contributed by atoms with Gasteiger partial charge in [-0.15, -0.1) is 11.3 Å². The van der Waals surface area contributed by atoms with Crippen molar-refractivity contribution >= 4 is 29.0 Å². The highest BCUT2D eigenvalue weighted by Crippen LogP contribution is 2.15. The summed E-state index contributed by atoms with van der Waals surface area (Å²) in [6.45, 7) is 7.93. The number of benzene rings is 1. The van der Waals surface area contributed by atoms with Crippen molar-refractivity contribution in [2.75, 3.05) is 31.5 Å². The number of amides is 2. The van der Waals surface area contributed by atoms with E-state index in [9.17, 15) is 4.79 Å². The molecule has 1 aliphatic heterocycles. The monoisotopic (exact) mass is 414 g/mol. The van der Waals surface area contributed by atoms with E-state index < -0.39 is 0 Å². The number of aromatic nitrogens is 1. The number of nitrogens with one attached hydrogen (secondary N) is 3. The van der Waals surface area contributed by atoms with Gasteiger partial charge < -0.3 is 20.9 Å². The molecule has 3 rings (SSSR count). The van der Waals surface area contributed by atoms with E-state index in [2.05, 4.69) is 39.8 Å². The van der Waals surface area contributed by atoms with Crippen LogP contribution in [0.15, 0.2) is 35.5 Å². The molecule has 1 aromatic heterocycles. The minimum absolute atomic E-state index is 0.0180. The van der Waals surface area contributed by atoms with Gasteiger partial charge in [0.15, 0.2) is 5.96 Å². The number of aliphatic imine (C=N–C) groups is 1. The number of urea groups is 1. The highest BCUT2D eigenvalue weighted by molar-refractivity contribution is 7.11. The highest BCUT2D eigenvalue weighted by atomic mass is 32.1. The average molecular weight is 415 g/mol. The molecule has 29 heavy (non-hydrogen) atoms. The van der Waals surface area contributed by atoms with Crippen LogP contribution in [0.5, 0.6) is 0 Å². The van der Waals surface area contributed by atoms with E-state index in [1.165, 1.54) is 4.88 Å². The molecule has 1 aliphatic rings. The lowest BCUT2D eigenvalue weighted by molar-refractivity contribution is 0.222. The van der Waals surface area contributed by atoms with Gasteiger partial charge in [-0.1, -0.05) is 12.1 Å². The lowest BCUT2D eigenvalue weighted by Crippen LogP contribution is -2.38. The second-order valence-corrected chi connectivity index (χ2v) is 8.38. The molecule has 0 spiro atoms. The Balaban J connectivity index is 1.53. The van der Waals surface area contributed by atoms with Crippen molar-refractivity contribution < 1.29 is 4.79 Å². The summed E-state index contributed by atoms with van der Waals surface area (Å²) in [5, 5.41) is 10.8. The van der Waals surface area contributed by atoms with Gasteiger partial charge in [0.1, 0.15) is 0 Å². The Kier molecular flexibility index (Phi) is 7.86. The average Bonchev–Trinajstić information content (AvgIpc) is 3.38. The molecule has 7 nitrogen and oxygen atoms in total. The Morgan fingerprint density at radius 2 is 2.10 bits per heavy atom. The van der Waals surface area contributed by atoms with Crippen LogP contribution in [-0.4, -0.2) is 48.1 Å². The summed E-state index contributed by atoms with van der Waals surface area (Å²) in [4.78, 5) is 24.4. The Labute approximate surface area is 176 Å². The number of anilines is 1. The summed E-state index contributed by atoms with van der Waals surface area (Å²) in [6, 6.07) is 7.86. The van der Waals surface area contributed by atoms with Crippen molar-refractivity contribution in [2.24, 2.45) is 4.99 Å². The Morgan fingerprint density at radius 3 is 2.83 bits per heavy atom. The second kappa shape index (κ2) is 10.8. The molecule has 0 aliphatic carbocycles. The third-order valence-corrected chi connectivity index (χ3v) is 5.61. The van der Waals surface area contributed by atoms with Gasteiger partial charge in [-0.3, -0.25) is 0 Å². The third kappa shape index (κ3) is 6.74. The van der Waals surface area contributed by atoms with Gasteiger partial charge in [-0.2, -0.15) is 0 Å². The van der Waals surface area contributed by atoms with Crippen LogP contribution in [-0.2, 0) is 13.0 Å². The molecular weight excluding hydrogens is 384 g/mol. The van der Waals surface area contributed by atoms with Crippen molar-refractivity contribution in [1.82, 2.24) is 20.5 Å². The zero-order valence-corrected chi connectivity index (χ0v) is 18.0. The number of carbonyl (C=O) groups is 1. The Bertz CT molecular complexity index is 828. The van der Waals surface area contributed by atoms with Crippen molar-refractivity contribution in [3.63, 3.8) is 0 Å². The van der Waals surface area contributed by atoms with E-state index in [1.54, 1.807) is 11.3 Å². The summed E-state index contributed by atoms with van der Waals surface area (Å²) >= 11 is 1.73. The van der Waals surface area contributed by atoms with Gasteiger partial charge in [0.2, 0.25) is 0 Å². The molecule has 1 fully saturated rings. The van der Waals surface area contributed by atoms with Crippen LogP contribution in [0, 0.1) is 6.92 Å². The van der Waals surface area contributed by atoms with Gasteiger partial charge in [0, 0.05) is 49.4 Å². The fourth-order valence-electron chi connectivity index (χ4n) is 3.19. The zero-order chi connectivity index (χ0) is 20.5. The number of guanidine groups is 1. The molecule has 1 saturated heterocycles. The maximum atomic E-state index is 12.3. The van der Waals surface area contributed by atoms with E-state index >= 15 is 0 Å². The SMILES string of the molecule is CCNC(=NCc1cccc(NC(=O)N2CCCC2)c1)NCCc1ncc(C)s1. The fraction of sp³-hybridized carbons (Fsp3) is 0.476. The number of thiazole rings is 1. The molecule has 8 heteroatoms. The van der Waals surface area contributed by atoms with E-state index in [-0.39, 0.29) is 6.03 Å². The fourth-order valence-corrected chi connectivity index (χ4v) is 3.97. The summed E-state index contributed by atoms with van der Waals surface area (Å²) in [7, 11) is 0. The molecule has 1 aromatic carbocycles. The number of likely N-dealkylation sites (tertiary alicyclic amines) is 1. The second-order valence-electron chi connectivity index (χ2n) is 7.06. The van der Waals surface area contributed by atoms with Gasteiger partial charge in [0.25, 0.3) is 0 Å². The molecule has 0 saturated carbocycles. The molecule has 0 bridgehead atoms. The van der Waals surface area contributed by atoms with Crippen LogP contribution in [0.3, 0.4) is 0 Å². The van der Waals surface area contributed by atoms with E-state index in [0.717, 1.165) is 67.7 Å². The first-order valence-electron chi connectivity index (χ1n) is 10.2. The molecular formula is C21H30N6OS. The lowest BCUT2D eigenvalue weighted by atomic mass is 10.2. The standard InChI is InChI=1S/C21H30N6OS/c1-3-22-20(23-10-9-19-24-14-16(2)29-19)25-15-17-7-6-8-18(13-17)26-21(28)27-11-4-5-12-27/h6-8,13-14H,3-5,9-12,15H2,1-2H3,(H,26,28)(H2,22,23,25). The summed E-state index contributed by atoms with van der Waals surface area (Å²) in [6.07, 6.45) is 4.96. The van der Waals surface area contributed by atoms with Crippen molar-refractivity contribution in [2.45, 2.75) is 39.7 Å². The van der Waals surface area contributed by atoms with Crippen LogP contribution < -0.4 is 16.0 Å². The molecule has 0 unspecified atom stereocenters. The predicted octanol–water partition coefficient (Wildman–Crippen LogP) is 3.38. The zero-order valence-electron chi connectivity index (χ0n) is 17.2. The van der Waals surface area contributed by atoms with Crippen LogP contribution in [0.4, 0.5) is 10.5 Å². The smallest absolute Gasteiger partial charge is 0.321 e. The van der Waals surface area contributed by atoms with Crippen molar-refractivity contribution in [1.29, 1.82) is 0 Å². The minimum Gasteiger partial charge on any atom is -0.357 e. The molecule has 0 radical (unpaired) electrons. The topological polar surface area (TPSA) is 81.7 Å². The van der Waals surface area contributed by atoms with E-state index in [0.29, 0.717) is 6.54 Å². The number of aryl methyl sites for hydroxylation is 1. The van der Waals surface area contributed by atoms with E-state index in [1.807, 2.05) is 35.4 Å². The minimum atomic E-state index is -0.0180. The van der Waals surface area contributed by atoms with Crippen molar-refractivity contribution in [3.8, 4) is 0 Å². The molecule has 2 amide bonds. The normalized spacial score (nSPS) is 14.1. The van der Waals surface area contributed by atoms with Gasteiger partial charge in [-0.05, 0) is 44.4 Å². The van der Waals surface area contributed by atoms with Gasteiger partial charge >= 0.3 is 6.03 Å². The summed E-state index contributed by atoms with van der Waals surface area (Å²) < 4.78 is 0. The quantitative estimate of drug-likeness (QED) is 0.479. The first-order chi connectivity index (χ1) is 14.1. The summed E-state index contributed by atoms with van der Waals surface area (Å²) in [5.41, 5.74) is 1.86. The molecule has 2 heterocycles. The Hall–Kier alpha value is -2.61. The first kappa shape index (κ1) is 21.1. The molecule has 0 atom stereocenters. The predicted molar refractivity (Wildman–Crippen MR) is 120 cm³/mol. The number of hydrogen-bond acceptors (Lipinski definition) is 4. The third-order valence-electron chi connectivity index (χ3n) is 4.64. The molecule has 156 valence electrons. The molecule has 3 N–H and O–H groups in total. The maximum absolute atomic E-state index is 12.3. The first-order valence-corrected chi connectivity index (χ1v) is 11.0.